The van der Waals surface area contributed by atoms with E-state index < -0.39 is 0 Å². The predicted molar refractivity (Wildman–Crippen MR) is 67.1 cm³/mol. The van der Waals surface area contributed by atoms with Gasteiger partial charge < -0.3 is 0 Å². The van der Waals surface area contributed by atoms with Gasteiger partial charge in [-0.25, -0.2) is 0 Å². The number of alkyl halides is 1. The molecule has 6 unspecified atom stereocenters. The molecule has 17 heavy (non-hydrogen) atoms. The zero-order chi connectivity index (χ0) is 11.7. The molecule has 4 heteroatoms. The van der Waals surface area contributed by atoms with Crippen molar-refractivity contribution < 1.29 is 4.92 Å². The maximum Gasteiger partial charge on any atom is 0.269 e. The highest BCUT2D eigenvalue weighted by atomic mass is 79.9. The Kier molecular flexibility index (Phi) is 1.84. The quantitative estimate of drug-likeness (QED) is 0.477. The van der Waals surface area contributed by atoms with Gasteiger partial charge in [-0.15, -0.1) is 0 Å². The van der Waals surface area contributed by atoms with Crippen LogP contribution >= 0.6 is 15.9 Å². The Balaban J connectivity index is 1.66. The second kappa shape index (κ2) is 3.10. The Hall–Kier alpha value is -0.900. The van der Waals surface area contributed by atoms with Crippen molar-refractivity contribution in [2.45, 2.75) is 17.2 Å². The molecule has 0 N–H and O–H groups in total. The van der Waals surface area contributed by atoms with Gasteiger partial charge in [-0.05, 0) is 41.6 Å². The maximum absolute atomic E-state index is 10.6. The van der Waals surface area contributed by atoms with E-state index in [9.17, 15) is 10.1 Å². The molecular weight excluding hydrogens is 282 g/mol. The fourth-order valence-corrected chi connectivity index (χ4v) is 5.63. The second-order valence-corrected chi connectivity index (χ2v) is 6.59. The summed E-state index contributed by atoms with van der Waals surface area (Å²) in [5.41, 5.74) is 1.50. The van der Waals surface area contributed by atoms with Crippen LogP contribution in [0.4, 0.5) is 5.69 Å². The Morgan fingerprint density at radius 3 is 2.29 bits per heavy atom. The summed E-state index contributed by atoms with van der Waals surface area (Å²) in [4.78, 5) is 11.0. The van der Waals surface area contributed by atoms with Gasteiger partial charge in [0.1, 0.15) is 0 Å². The zero-order valence-corrected chi connectivity index (χ0v) is 10.7. The number of halogens is 1. The fourth-order valence-electron chi connectivity index (χ4n) is 4.34. The van der Waals surface area contributed by atoms with Crippen molar-refractivity contribution in [3.63, 3.8) is 0 Å². The molecule has 3 nitrogen and oxygen atoms in total. The van der Waals surface area contributed by atoms with Crippen LogP contribution in [0.15, 0.2) is 24.3 Å². The van der Waals surface area contributed by atoms with Crippen molar-refractivity contribution in [3.8, 4) is 0 Å². The summed E-state index contributed by atoms with van der Waals surface area (Å²) in [6.07, 6.45) is 1.35. The Morgan fingerprint density at radius 1 is 1.18 bits per heavy atom. The molecule has 4 aliphatic carbocycles. The van der Waals surface area contributed by atoms with Gasteiger partial charge in [-0.2, -0.15) is 0 Å². The van der Waals surface area contributed by atoms with Crippen LogP contribution in [0.5, 0.6) is 0 Å². The molecular formula is C13H12BrNO2. The third kappa shape index (κ3) is 1.17. The predicted octanol–water partition coefficient (Wildman–Crippen LogP) is 3.34. The van der Waals surface area contributed by atoms with Crippen molar-refractivity contribution in [2.75, 3.05) is 0 Å². The normalized spacial score (nSPS) is 45.0. The molecule has 0 heterocycles. The Morgan fingerprint density at radius 2 is 1.88 bits per heavy atom. The molecule has 1 aromatic rings. The lowest BCUT2D eigenvalue weighted by molar-refractivity contribution is -0.384. The summed E-state index contributed by atoms with van der Waals surface area (Å²) in [6, 6.07) is 7.20. The van der Waals surface area contributed by atoms with Crippen LogP contribution in [0.1, 0.15) is 17.9 Å². The van der Waals surface area contributed by atoms with Gasteiger partial charge in [0, 0.05) is 17.0 Å². The van der Waals surface area contributed by atoms with Crippen molar-refractivity contribution in [2.24, 2.45) is 23.7 Å². The molecule has 1 aromatic carbocycles. The first-order valence-electron chi connectivity index (χ1n) is 6.07. The summed E-state index contributed by atoms with van der Waals surface area (Å²) in [5.74, 6) is 4.09. The Labute approximate surface area is 107 Å². The van der Waals surface area contributed by atoms with E-state index in [1.165, 1.54) is 12.0 Å². The molecule has 0 saturated heterocycles. The van der Waals surface area contributed by atoms with Crippen LogP contribution in [0.25, 0.3) is 0 Å². The van der Waals surface area contributed by atoms with Gasteiger partial charge in [-0.3, -0.25) is 10.1 Å². The molecule has 5 rings (SSSR count). The highest BCUT2D eigenvalue weighted by Crippen LogP contribution is 2.77. The van der Waals surface area contributed by atoms with Crippen molar-refractivity contribution in [1.82, 2.24) is 0 Å². The molecule has 0 aliphatic heterocycles. The summed E-state index contributed by atoms with van der Waals surface area (Å²) in [7, 11) is 0. The number of hydrogen-bond acceptors (Lipinski definition) is 2. The van der Waals surface area contributed by atoms with Gasteiger partial charge in [-0.1, -0.05) is 28.1 Å². The standard InChI is InChI=1S/C13H12BrNO2/c14-13-9-5-8-11(12(8)13)10(9)6-1-3-7(4-2-6)15(16)17/h1-4,8-13H,5H2. The van der Waals surface area contributed by atoms with Gasteiger partial charge in [0.05, 0.1) is 4.92 Å². The minimum atomic E-state index is -0.328. The molecule has 88 valence electrons. The lowest BCUT2D eigenvalue weighted by atomic mass is 9.90. The minimum Gasteiger partial charge on any atom is -0.258 e. The highest BCUT2D eigenvalue weighted by Gasteiger charge is 2.72. The SMILES string of the molecule is O=[N+]([O-])c1ccc(C2C3CC4C(C3Br)C42)cc1. The molecule has 4 aliphatic rings. The third-order valence-corrected chi connectivity index (χ3v) is 6.27. The van der Waals surface area contributed by atoms with E-state index >= 15 is 0 Å². The topological polar surface area (TPSA) is 43.1 Å². The van der Waals surface area contributed by atoms with Crippen LogP contribution in [0, 0.1) is 33.8 Å². The summed E-state index contributed by atoms with van der Waals surface area (Å²) in [6.45, 7) is 0. The van der Waals surface area contributed by atoms with E-state index in [0.29, 0.717) is 10.7 Å². The molecule has 6 atom stereocenters. The second-order valence-electron chi connectivity index (χ2n) is 5.54. The monoisotopic (exact) mass is 293 g/mol. The number of nitro benzene ring substituents is 1. The number of nitro groups is 1. The summed E-state index contributed by atoms with van der Waals surface area (Å²) in [5, 5.41) is 10.6. The van der Waals surface area contributed by atoms with Crippen LogP contribution < -0.4 is 0 Å². The first-order valence-corrected chi connectivity index (χ1v) is 6.98. The third-order valence-electron chi connectivity index (χ3n) is 4.98. The number of hydrogen-bond donors (Lipinski definition) is 0. The average Bonchev–Trinajstić information content (AvgIpc) is 2.63. The fraction of sp³-hybridized carbons (Fsp3) is 0.538. The molecule has 4 fully saturated rings. The molecule has 0 radical (unpaired) electrons. The molecule has 0 amide bonds. The molecule has 4 saturated carbocycles. The molecule has 0 spiro atoms. The van der Waals surface area contributed by atoms with E-state index in [2.05, 4.69) is 15.9 Å². The highest BCUT2D eigenvalue weighted by molar-refractivity contribution is 9.09. The van der Waals surface area contributed by atoms with E-state index in [1.54, 1.807) is 12.1 Å². The lowest BCUT2D eigenvalue weighted by Crippen LogP contribution is -2.09. The largest absolute Gasteiger partial charge is 0.269 e. The van der Waals surface area contributed by atoms with Crippen LogP contribution in [0.3, 0.4) is 0 Å². The first-order chi connectivity index (χ1) is 8.18. The van der Waals surface area contributed by atoms with Crippen molar-refractivity contribution in [3.05, 3.63) is 39.9 Å². The summed E-state index contributed by atoms with van der Waals surface area (Å²) >= 11 is 3.82. The van der Waals surface area contributed by atoms with Crippen LogP contribution in [-0.2, 0) is 0 Å². The zero-order valence-electron chi connectivity index (χ0n) is 9.12. The lowest BCUT2D eigenvalue weighted by Gasteiger charge is -2.17. The van der Waals surface area contributed by atoms with Crippen LogP contribution in [-0.4, -0.2) is 9.75 Å². The van der Waals surface area contributed by atoms with E-state index in [1.807, 2.05) is 12.1 Å². The van der Waals surface area contributed by atoms with Gasteiger partial charge in [0.25, 0.3) is 5.69 Å². The Bertz CT molecular complexity index is 501. The van der Waals surface area contributed by atoms with Crippen molar-refractivity contribution in [1.29, 1.82) is 0 Å². The smallest absolute Gasteiger partial charge is 0.258 e. The van der Waals surface area contributed by atoms with Crippen molar-refractivity contribution >= 4 is 21.6 Å². The first kappa shape index (κ1) is 10.1. The number of non-ortho nitro benzene ring substituents is 1. The number of benzene rings is 1. The average molecular weight is 294 g/mol. The number of nitrogens with zero attached hydrogens (tertiary/aromatic N) is 1. The van der Waals surface area contributed by atoms with Gasteiger partial charge >= 0.3 is 0 Å². The van der Waals surface area contributed by atoms with E-state index in [-0.39, 0.29) is 10.6 Å². The minimum absolute atomic E-state index is 0.196. The summed E-state index contributed by atoms with van der Waals surface area (Å²) < 4.78 is 0. The molecule has 0 aromatic heterocycles. The number of rotatable bonds is 2. The maximum atomic E-state index is 10.6. The van der Waals surface area contributed by atoms with Gasteiger partial charge in [0.2, 0.25) is 0 Å². The van der Waals surface area contributed by atoms with E-state index in [4.69, 9.17) is 0 Å². The van der Waals surface area contributed by atoms with Crippen LogP contribution in [0.2, 0.25) is 0 Å². The molecule has 4 bridgehead atoms. The van der Waals surface area contributed by atoms with Gasteiger partial charge in [0.15, 0.2) is 0 Å². The van der Waals surface area contributed by atoms with E-state index in [0.717, 1.165) is 23.7 Å².